The average Bonchev–Trinajstić information content (AvgIpc) is 2.31. The fourth-order valence-corrected chi connectivity index (χ4v) is 1.85. The summed E-state index contributed by atoms with van der Waals surface area (Å²) in [4.78, 5) is 21.5. The van der Waals surface area contributed by atoms with Crippen LogP contribution in [0.25, 0.3) is 0 Å². The Morgan fingerprint density at radius 3 is 2.11 bits per heavy atom. The van der Waals surface area contributed by atoms with E-state index in [2.05, 4.69) is 4.74 Å². The zero-order valence-electron chi connectivity index (χ0n) is 11.9. The SMILES string of the molecule is COC(=O)CCCCCCCC[C@H](C)OC(C)=O. The second-order valence-corrected chi connectivity index (χ2v) is 4.66. The van der Waals surface area contributed by atoms with Gasteiger partial charge >= 0.3 is 11.9 Å². The molecule has 1 atom stereocenters. The van der Waals surface area contributed by atoms with Crippen LogP contribution in [-0.2, 0) is 19.1 Å². The van der Waals surface area contributed by atoms with E-state index < -0.39 is 0 Å². The third-order valence-electron chi connectivity index (χ3n) is 2.84. The van der Waals surface area contributed by atoms with E-state index >= 15 is 0 Å². The first-order valence-electron chi connectivity index (χ1n) is 6.80. The van der Waals surface area contributed by atoms with Crippen molar-refractivity contribution in [3.63, 3.8) is 0 Å². The summed E-state index contributed by atoms with van der Waals surface area (Å²) in [6, 6.07) is 0. The monoisotopic (exact) mass is 258 g/mol. The molecule has 0 aliphatic heterocycles. The molecule has 4 heteroatoms. The second-order valence-electron chi connectivity index (χ2n) is 4.66. The van der Waals surface area contributed by atoms with Crippen molar-refractivity contribution in [1.82, 2.24) is 0 Å². The van der Waals surface area contributed by atoms with Crippen molar-refractivity contribution in [3.8, 4) is 0 Å². The number of esters is 2. The van der Waals surface area contributed by atoms with Crippen LogP contribution in [0.1, 0.15) is 65.2 Å². The van der Waals surface area contributed by atoms with Gasteiger partial charge in [0.2, 0.25) is 0 Å². The first-order chi connectivity index (χ1) is 8.56. The van der Waals surface area contributed by atoms with Gasteiger partial charge in [0.05, 0.1) is 13.2 Å². The molecule has 0 saturated carbocycles. The molecule has 0 N–H and O–H groups in total. The van der Waals surface area contributed by atoms with Crippen LogP contribution >= 0.6 is 0 Å². The first-order valence-corrected chi connectivity index (χ1v) is 6.80. The van der Waals surface area contributed by atoms with Gasteiger partial charge < -0.3 is 9.47 Å². The molecule has 0 aromatic rings. The minimum absolute atomic E-state index is 0.0295. The van der Waals surface area contributed by atoms with Crippen molar-refractivity contribution in [2.75, 3.05) is 7.11 Å². The molecule has 106 valence electrons. The largest absolute Gasteiger partial charge is 0.469 e. The summed E-state index contributed by atoms with van der Waals surface area (Å²) >= 11 is 0. The van der Waals surface area contributed by atoms with E-state index in [1.807, 2.05) is 6.92 Å². The smallest absolute Gasteiger partial charge is 0.305 e. The van der Waals surface area contributed by atoms with Crippen LogP contribution in [-0.4, -0.2) is 25.2 Å². The summed E-state index contributed by atoms with van der Waals surface area (Å²) in [6.07, 6.45) is 8.05. The van der Waals surface area contributed by atoms with E-state index in [0.29, 0.717) is 6.42 Å². The number of hydrogen-bond donors (Lipinski definition) is 0. The molecule has 0 aliphatic carbocycles. The molecule has 18 heavy (non-hydrogen) atoms. The minimum atomic E-state index is -0.203. The topological polar surface area (TPSA) is 52.6 Å². The molecule has 4 nitrogen and oxygen atoms in total. The third-order valence-corrected chi connectivity index (χ3v) is 2.84. The van der Waals surface area contributed by atoms with Gasteiger partial charge in [0.1, 0.15) is 0 Å². The number of carbonyl (C=O) groups excluding carboxylic acids is 2. The van der Waals surface area contributed by atoms with Gasteiger partial charge in [0.15, 0.2) is 0 Å². The Balaban J connectivity index is 3.21. The summed E-state index contributed by atoms with van der Waals surface area (Å²) < 4.78 is 9.62. The minimum Gasteiger partial charge on any atom is -0.469 e. The highest BCUT2D eigenvalue weighted by Crippen LogP contribution is 2.11. The predicted molar refractivity (Wildman–Crippen MR) is 70.2 cm³/mol. The fourth-order valence-electron chi connectivity index (χ4n) is 1.85. The highest BCUT2D eigenvalue weighted by atomic mass is 16.5. The summed E-state index contributed by atoms with van der Waals surface area (Å²) in [7, 11) is 1.42. The Morgan fingerprint density at radius 2 is 1.56 bits per heavy atom. The molecule has 0 saturated heterocycles. The molecule has 0 heterocycles. The zero-order chi connectivity index (χ0) is 13.8. The Hall–Kier alpha value is -1.06. The van der Waals surface area contributed by atoms with Crippen LogP contribution in [0.5, 0.6) is 0 Å². The molecule has 0 unspecified atom stereocenters. The van der Waals surface area contributed by atoms with Gasteiger partial charge in [-0.05, 0) is 26.2 Å². The van der Waals surface area contributed by atoms with E-state index in [4.69, 9.17) is 4.74 Å². The van der Waals surface area contributed by atoms with Crippen LogP contribution in [0, 0.1) is 0 Å². The molecule has 0 radical (unpaired) electrons. The van der Waals surface area contributed by atoms with Crippen LogP contribution in [0.4, 0.5) is 0 Å². The van der Waals surface area contributed by atoms with E-state index in [-0.39, 0.29) is 18.0 Å². The molecular formula is C14H26O4. The van der Waals surface area contributed by atoms with Crippen molar-refractivity contribution in [2.24, 2.45) is 0 Å². The molecule has 0 fully saturated rings. The lowest BCUT2D eigenvalue weighted by Crippen LogP contribution is -2.11. The summed E-state index contributed by atoms with van der Waals surface area (Å²) in [5.41, 5.74) is 0. The third kappa shape index (κ3) is 11.4. The number of rotatable bonds is 10. The lowest BCUT2D eigenvalue weighted by atomic mass is 10.1. The summed E-state index contributed by atoms with van der Waals surface area (Å²) in [5.74, 6) is -0.324. The molecule has 0 aromatic carbocycles. The quantitative estimate of drug-likeness (QED) is 0.446. The molecule has 0 aromatic heterocycles. The van der Waals surface area contributed by atoms with Gasteiger partial charge in [0, 0.05) is 13.3 Å². The first kappa shape index (κ1) is 16.9. The number of methoxy groups -OCH3 is 1. The van der Waals surface area contributed by atoms with Crippen LogP contribution in [0.3, 0.4) is 0 Å². The number of hydrogen-bond acceptors (Lipinski definition) is 4. The zero-order valence-corrected chi connectivity index (χ0v) is 11.9. The van der Waals surface area contributed by atoms with E-state index in [9.17, 15) is 9.59 Å². The Kier molecular flexibility index (Phi) is 10.4. The maximum absolute atomic E-state index is 10.8. The molecule has 0 rings (SSSR count). The normalized spacial score (nSPS) is 11.9. The fraction of sp³-hybridized carbons (Fsp3) is 0.857. The number of unbranched alkanes of at least 4 members (excludes halogenated alkanes) is 5. The summed E-state index contributed by atoms with van der Waals surface area (Å²) in [5, 5.41) is 0. The standard InChI is InChI=1S/C14H26O4/c1-12(18-13(2)15)10-8-6-4-5-7-9-11-14(16)17-3/h12H,4-11H2,1-3H3/t12-/m0/s1. The lowest BCUT2D eigenvalue weighted by Gasteiger charge is -2.11. The van der Waals surface area contributed by atoms with E-state index in [1.165, 1.54) is 20.5 Å². The Labute approximate surface area is 110 Å². The number of carbonyl (C=O) groups is 2. The van der Waals surface area contributed by atoms with Crippen LogP contribution in [0.15, 0.2) is 0 Å². The van der Waals surface area contributed by atoms with Crippen molar-refractivity contribution in [2.45, 2.75) is 71.3 Å². The van der Waals surface area contributed by atoms with Gasteiger partial charge in [-0.3, -0.25) is 9.59 Å². The highest BCUT2D eigenvalue weighted by Gasteiger charge is 2.04. The maximum Gasteiger partial charge on any atom is 0.305 e. The Morgan fingerprint density at radius 1 is 1.00 bits per heavy atom. The highest BCUT2D eigenvalue weighted by molar-refractivity contribution is 5.68. The van der Waals surface area contributed by atoms with Gasteiger partial charge in [0.25, 0.3) is 0 Å². The van der Waals surface area contributed by atoms with Gasteiger partial charge in [-0.25, -0.2) is 0 Å². The van der Waals surface area contributed by atoms with Crippen molar-refractivity contribution in [3.05, 3.63) is 0 Å². The van der Waals surface area contributed by atoms with Crippen molar-refractivity contribution >= 4 is 11.9 Å². The van der Waals surface area contributed by atoms with Gasteiger partial charge in [-0.2, -0.15) is 0 Å². The molecular weight excluding hydrogens is 232 g/mol. The van der Waals surface area contributed by atoms with E-state index in [0.717, 1.165) is 38.5 Å². The molecule has 0 amide bonds. The Bertz CT molecular complexity index is 238. The average molecular weight is 258 g/mol. The molecule has 0 bridgehead atoms. The van der Waals surface area contributed by atoms with Crippen LogP contribution in [0.2, 0.25) is 0 Å². The van der Waals surface area contributed by atoms with Crippen molar-refractivity contribution < 1.29 is 19.1 Å². The molecule has 0 aliphatic rings. The van der Waals surface area contributed by atoms with Crippen molar-refractivity contribution in [1.29, 1.82) is 0 Å². The predicted octanol–water partition coefficient (Wildman–Crippen LogP) is 3.23. The van der Waals surface area contributed by atoms with Gasteiger partial charge in [-0.15, -0.1) is 0 Å². The second kappa shape index (κ2) is 11.1. The van der Waals surface area contributed by atoms with Crippen LogP contribution < -0.4 is 0 Å². The van der Waals surface area contributed by atoms with Gasteiger partial charge in [-0.1, -0.05) is 25.7 Å². The lowest BCUT2D eigenvalue weighted by molar-refractivity contribution is -0.145. The van der Waals surface area contributed by atoms with E-state index in [1.54, 1.807) is 0 Å². The summed E-state index contributed by atoms with van der Waals surface area (Å²) in [6.45, 7) is 3.37. The molecule has 0 spiro atoms. The maximum atomic E-state index is 10.8. The number of ether oxygens (including phenoxy) is 2.